The number of halogens is 2. The van der Waals surface area contributed by atoms with Gasteiger partial charge in [0.1, 0.15) is 0 Å². The zero-order chi connectivity index (χ0) is 8.65. The zero-order valence-electron chi connectivity index (χ0n) is 6.82. The second-order valence-corrected chi connectivity index (χ2v) is 9.72. The third-order valence-electron chi connectivity index (χ3n) is 2.37. The van der Waals surface area contributed by atoms with Gasteiger partial charge in [0.15, 0.2) is 0 Å². The molecule has 0 nitrogen and oxygen atoms in total. The van der Waals surface area contributed by atoms with Gasteiger partial charge in [0.25, 0.3) is 6.69 Å². The molecule has 0 radical (unpaired) electrons. The Morgan fingerprint density at radius 2 is 2.18 bits per heavy atom. The van der Waals surface area contributed by atoms with Crippen LogP contribution >= 0.6 is 22.2 Å². The average molecular weight is 207 g/mol. The van der Waals surface area contributed by atoms with Crippen molar-refractivity contribution in [3.8, 4) is 0 Å². The molecule has 0 saturated heterocycles. The monoisotopic (exact) mass is 206 g/mol. The molecular weight excluding hydrogens is 195 g/mol. The average Bonchev–Trinajstić information content (AvgIpc) is 1.98. The maximum absolute atomic E-state index is 6.19. The van der Waals surface area contributed by atoms with Crippen LogP contribution in [0.25, 0.3) is 0 Å². The van der Waals surface area contributed by atoms with Gasteiger partial charge in [0.2, 0.25) is 0 Å². The van der Waals surface area contributed by atoms with Crippen LogP contribution in [0.1, 0.15) is 20.3 Å². The first-order valence-electron chi connectivity index (χ1n) is 3.77. The molecule has 0 aromatic heterocycles. The number of rotatable bonds is 2. The lowest BCUT2D eigenvalue weighted by atomic mass is 10.1. The SMILES string of the molecule is C=CC1=C(C)[Si](Cl)(Cl)C1CC. The van der Waals surface area contributed by atoms with Crippen LogP contribution in [-0.2, 0) is 0 Å². The van der Waals surface area contributed by atoms with E-state index in [4.69, 9.17) is 22.2 Å². The summed E-state index contributed by atoms with van der Waals surface area (Å²) in [5.74, 6) is 0. The Labute approximate surface area is 78.3 Å². The largest absolute Gasteiger partial charge is 0.284 e. The summed E-state index contributed by atoms with van der Waals surface area (Å²) in [6.07, 6.45) is 2.93. The van der Waals surface area contributed by atoms with Gasteiger partial charge in [-0.05, 0) is 18.9 Å². The fourth-order valence-corrected chi connectivity index (χ4v) is 6.08. The molecule has 0 bridgehead atoms. The van der Waals surface area contributed by atoms with Crippen molar-refractivity contribution in [1.82, 2.24) is 0 Å². The molecule has 1 unspecified atom stereocenters. The Hall–Kier alpha value is 0.277. The predicted octanol–water partition coefficient (Wildman–Crippen LogP) is 3.74. The highest BCUT2D eigenvalue weighted by molar-refractivity contribution is 7.50. The third-order valence-corrected chi connectivity index (χ3v) is 8.54. The second-order valence-electron chi connectivity index (χ2n) is 2.87. The first kappa shape index (κ1) is 9.37. The molecule has 1 rings (SSSR count). The van der Waals surface area contributed by atoms with Gasteiger partial charge in [-0.2, -0.15) is 0 Å². The zero-order valence-corrected chi connectivity index (χ0v) is 9.34. The van der Waals surface area contributed by atoms with Crippen LogP contribution in [0.15, 0.2) is 23.4 Å². The summed E-state index contributed by atoms with van der Waals surface area (Å²) in [6, 6.07) is 0. The molecule has 0 fully saturated rings. The summed E-state index contributed by atoms with van der Waals surface area (Å²) in [7, 11) is 0. The molecule has 3 heteroatoms. The van der Waals surface area contributed by atoms with Gasteiger partial charge >= 0.3 is 0 Å². The summed E-state index contributed by atoms with van der Waals surface area (Å²) in [5, 5.41) is 1.20. The lowest BCUT2D eigenvalue weighted by molar-refractivity contribution is 0.867. The first-order valence-corrected chi connectivity index (χ1v) is 7.87. The van der Waals surface area contributed by atoms with Crippen LogP contribution < -0.4 is 0 Å². The minimum atomic E-state index is -2.01. The fourth-order valence-electron chi connectivity index (χ4n) is 1.60. The number of hydrogen-bond acceptors (Lipinski definition) is 0. The molecule has 0 aromatic carbocycles. The predicted molar refractivity (Wildman–Crippen MR) is 54.4 cm³/mol. The van der Waals surface area contributed by atoms with Crippen molar-refractivity contribution < 1.29 is 0 Å². The molecule has 0 aliphatic carbocycles. The number of hydrogen-bond donors (Lipinski definition) is 0. The van der Waals surface area contributed by atoms with Crippen molar-refractivity contribution in [3.05, 3.63) is 23.4 Å². The van der Waals surface area contributed by atoms with Crippen molar-refractivity contribution in [2.24, 2.45) is 0 Å². The van der Waals surface area contributed by atoms with Crippen molar-refractivity contribution in [2.45, 2.75) is 25.8 Å². The fraction of sp³-hybridized carbons (Fsp3) is 0.500. The maximum atomic E-state index is 6.19. The summed E-state index contributed by atoms with van der Waals surface area (Å²) < 4.78 is 0. The van der Waals surface area contributed by atoms with Crippen molar-refractivity contribution in [1.29, 1.82) is 0 Å². The van der Waals surface area contributed by atoms with Crippen LogP contribution in [-0.4, -0.2) is 6.69 Å². The number of allylic oxidation sites excluding steroid dienone is 3. The topological polar surface area (TPSA) is 0 Å². The van der Waals surface area contributed by atoms with Crippen LogP contribution in [0, 0.1) is 0 Å². The molecule has 1 aliphatic rings. The van der Waals surface area contributed by atoms with Gasteiger partial charge in [0, 0.05) is 5.54 Å². The van der Waals surface area contributed by atoms with Gasteiger partial charge in [-0.1, -0.05) is 24.8 Å². The standard InChI is InChI=1S/C8H12Cl2Si/c1-4-7-6(3)11(9,10)8(7)5-2/h4,8H,1,5H2,2-3H3. The Morgan fingerprint density at radius 3 is 2.45 bits per heavy atom. The van der Waals surface area contributed by atoms with Crippen LogP contribution in [0.5, 0.6) is 0 Å². The normalized spacial score (nSPS) is 28.2. The van der Waals surface area contributed by atoms with E-state index >= 15 is 0 Å². The summed E-state index contributed by atoms with van der Waals surface area (Å²) in [6.45, 7) is 5.87. The van der Waals surface area contributed by atoms with Crippen LogP contribution in [0.2, 0.25) is 5.54 Å². The van der Waals surface area contributed by atoms with Gasteiger partial charge < -0.3 is 0 Å². The van der Waals surface area contributed by atoms with E-state index in [1.54, 1.807) is 0 Å². The lowest BCUT2D eigenvalue weighted by Crippen LogP contribution is -2.40. The maximum Gasteiger partial charge on any atom is 0.284 e. The molecule has 0 aromatic rings. The van der Waals surface area contributed by atoms with E-state index in [2.05, 4.69) is 13.5 Å². The van der Waals surface area contributed by atoms with Crippen molar-refractivity contribution >= 4 is 28.9 Å². The molecule has 1 heterocycles. The van der Waals surface area contributed by atoms with E-state index in [1.165, 1.54) is 10.8 Å². The Morgan fingerprint density at radius 1 is 1.64 bits per heavy atom. The van der Waals surface area contributed by atoms with E-state index in [0.717, 1.165) is 6.42 Å². The molecule has 1 atom stereocenters. The first-order chi connectivity index (χ1) is 5.05. The molecule has 0 N–H and O–H groups in total. The molecule has 0 saturated carbocycles. The summed E-state index contributed by atoms with van der Waals surface area (Å²) in [4.78, 5) is 0. The summed E-state index contributed by atoms with van der Waals surface area (Å²) >= 11 is 12.4. The molecule has 62 valence electrons. The minimum absolute atomic E-state index is 0.420. The highest BCUT2D eigenvalue weighted by Gasteiger charge is 2.50. The van der Waals surface area contributed by atoms with Crippen LogP contribution in [0.3, 0.4) is 0 Å². The smallest absolute Gasteiger partial charge is 0.139 e. The van der Waals surface area contributed by atoms with Gasteiger partial charge in [-0.25, -0.2) is 0 Å². The molecule has 0 amide bonds. The third kappa shape index (κ3) is 1.19. The summed E-state index contributed by atoms with van der Waals surface area (Å²) in [5.41, 5.74) is 1.70. The van der Waals surface area contributed by atoms with Gasteiger partial charge in [-0.15, -0.1) is 22.2 Å². The molecule has 11 heavy (non-hydrogen) atoms. The highest BCUT2D eigenvalue weighted by Crippen LogP contribution is 2.54. The molecular formula is C8H12Cl2Si. The lowest BCUT2D eigenvalue weighted by Gasteiger charge is -2.40. The van der Waals surface area contributed by atoms with E-state index in [0.29, 0.717) is 5.54 Å². The van der Waals surface area contributed by atoms with Gasteiger partial charge in [0.05, 0.1) is 0 Å². The minimum Gasteiger partial charge on any atom is -0.139 e. The van der Waals surface area contributed by atoms with Crippen molar-refractivity contribution in [3.63, 3.8) is 0 Å². The van der Waals surface area contributed by atoms with E-state index in [1.807, 2.05) is 13.0 Å². The second kappa shape index (κ2) is 2.96. The van der Waals surface area contributed by atoms with E-state index < -0.39 is 6.69 Å². The highest BCUT2D eigenvalue weighted by atomic mass is 35.7. The van der Waals surface area contributed by atoms with E-state index in [9.17, 15) is 0 Å². The van der Waals surface area contributed by atoms with Crippen LogP contribution in [0.4, 0.5) is 0 Å². The van der Waals surface area contributed by atoms with E-state index in [-0.39, 0.29) is 0 Å². The Bertz CT molecular complexity index is 218. The quantitative estimate of drug-likeness (QED) is 0.478. The van der Waals surface area contributed by atoms with Crippen molar-refractivity contribution in [2.75, 3.05) is 0 Å². The Kier molecular flexibility index (Phi) is 2.52. The molecule has 0 spiro atoms. The molecule has 1 aliphatic heterocycles. The van der Waals surface area contributed by atoms with Gasteiger partial charge in [-0.3, -0.25) is 0 Å². The Balaban J connectivity index is 2.95.